The molecule has 0 spiro atoms. The molecule has 0 radical (unpaired) electrons. The molecule has 0 bridgehead atoms. The number of aliphatic hydroxyl groups excluding tert-OH is 1. The van der Waals surface area contributed by atoms with E-state index in [1.807, 2.05) is 13.0 Å². The van der Waals surface area contributed by atoms with Gasteiger partial charge in [-0.2, -0.15) is 0 Å². The summed E-state index contributed by atoms with van der Waals surface area (Å²) in [4.78, 5) is 42.4. The number of ether oxygens (including phenoxy) is 1. The van der Waals surface area contributed by atoms with Crippen molar-refractivity contribution in [1.29, 1.82) is 0 Å². The van der Waals surface area contributed by atoms with Gasteiger partial charge >= 0.3 is 12.1 Å². The van der Waals surface area contributed by atoms with Crippen LogP contribution in [0.1, 0.15) is 24.2 Å². The fraction of sp³-hybridized carbons (Fsp3) is 0.300. The lowest BCUT2D eigenvalue weighted by molar-refractivity contribution is 0.0373. The topological polar surface area (TPSA) is 123 Å². The van der Waals surface area contributed by atoms with Crippen LogP contribution in [0, 0.1) is 11.7 Å². The van der Waals surface area contributed by atoms with Gasteiger partial charge < -0.3 is 35.6 Å². The highest BCUT2D eigenvalue weighted by molar-refractivity contribution is 6.04. The minimum atomic E-state index is -0.598. The molecule has 3 atom stereocenters. The lowest BCUT2D eigenvalue weighted by atomic mass is 9.99. The zero-order chi connectivity index (χ0) is 29.5. The van der Waals surface area contributed by atoms with Gasteiger partial charge in [-0.15, -0.1) is 0 Å². The van der Waals surface area contributed by atoms with Crippen LogP contribution in [0.5, 0.6) is 5.75 Å². The summed E-state index contributed by atoms with van der Waals surface area (Å²) in [5.74, 6) is -0.862. The summed E-state index contributed by atoms with van der Waals surface area (Å²) in [5, 5.41) is 18.1. The standard InChI is InChI=1S/C30H34FN5O5/c1-19-16-36(20(2)18-37)28(38)24-10-7-11-25(34-29(39)32-22-8-5-4-6-9-22)27(24)41-26(19)17-35(3)30(40)33-23-14-12-21(31)13-15-23/h4-15,19-20,26,37H,16-18H2,1-3H3,(H,33,40)(H2,32,34,39)/t19-,20+,26+/m0/s1. The average molecular weight is 564 g/mol. The van der Waals surface area contributed by atoms with Crippen LogP contribution < -0.4 is 20.7 Å². The predicted octanol–water partition coefficient (Wildman–Crippen LogP) is 4.85. The zero-order valence-electron chi connectivity index (χ0n) is 23.1. The number of fused-ring (bicyclic) bond motifs is 1. The van der Waals surface area contributed by atoms with Crippen LogP contribution in [0.15, 0.2) is 72.8 Å². The lowest BCUT2D eigenvalue weighted by Crippen LogP contribution is -2.50. The summed E-state index contributed by atoms with van der Waals surface area (Å²) in [7, 11) is 1.60. The van der Waals surface area contributed by atoms with Gasteiger partial charge in [0, 0.05) is 30.9 Å². The number of nitrogens with zero attached hydrogens (tertiary/aromatic N) is 2. The Kier molecular flexibility index (Phi) is 9.41. The van der Waals surface area contributed by atoms with Gasteiger partial charge in [0.1, 0.15) is 11.9 Å². The fourth-order valence-electron chi connectivity index (χ4n) is 4.47. The van der Waals surface area contributed by atoms with E-state index in [0.717, 1.165) is 0 Å². The molecule has 0 unspecified atom stereocenters. The van der Waals surface area contributed by atoms with Gasteiger partial charge in [0.15, 0.2) is 5.75 Å². The fourth-order valence-corrected chi connectivity index (χ4v) is 4.47. The molecule has 216 valence electrons. The van der Waals surface area contributed by atoms with Gasteiger partial charge in [0.05, 0.1) is 30.4 Å². The average Bonchev–Trinajstić information content (AvgIpc) is 2.96. The molecule has 5 amide bonds. The number of halogens is 1. The molecular formula is C30H34FN5O5. The Balaban J connectivity index is 1.61. The minimum Gasteiger partial charge on any atom is -0.485 e. The Morgan fingerprint density at radius 1 is 1.02 bits per heavy atom. The maximum absolute atomic E-state index is 13.6. The highest BCUT2D eigenvalue weighted by atomic mass is 19.1. The summed E-state index contributed by atoms with van der Waals surface area (Å²) < 4.78 is 19.7. The summed E-state index contributed by atoms with van der Waals surface area (Å²) in [5.41, 5.74) is 1.52. The number of hydrogen-bond acceptors (Lipinski definition) is 5. The number of likely N-dealkylation sites (N-methyl/N-ethyl adjacent to an activating group) is 1. The monoisotopic (exact) mass is 563 g/mol. The lowest BCUT2D eigenvalue weighted by Gasteiger charge is -2.38. The number of nitrogens with one attached hydrogen (secondary N) is 3. The quantitative estimate of drug-likeness (QED) is 0.327. The van der Waals surface area contributed by atoms with Crippen molar-refractivity contribution >= 4 is 35.0 Å². The Bertz CT molecular complexity index is 1370. The van der Waals surface area contributed by atoms with Crippen LogP contribution in [0.3, 0.4) is 0 Å². The second-order valence-corrected chi connectivity index (χ2v) is 10.1. The molecule has 41 heavy (non-hydrogen) atoms. The van der Waals surface area contributed by atoms with Crippen LogP contribution in [0.2, 0.25) is 0 Å². The summed E-state index contributed by atoms with van der Waals surface area (Å²) in [6.07, 6.45) is -0.598. The normalized spacial score (nSPS) is 17.3. The first kappa shape index (κ1) is 29.3. The van der Waals surface area contributed by atoms with Crippen LogP contribution in [-0.4, -0.2) is 71.8 Å². The van der Waals surface area contributed by atoms with Crippen LogP contribution in [-0.2, 0) is 0 Å². The SMILES string of the molecule is C[C@H](CO)N1C[C@H](C)[C@@H](CN(C)C(=O)Nc2ccc(F)cc2)Oc2c(NC(=O)Nc3ccccc3)cccc2C1=O. The van der Waals surface area contributed by atoms with Crippen molar-refractivity contribution in [3.05, 3.63) is 84.2 Å². The van der Waals surface area contributed by atoms with Crippen LogP contribution in [0.4, 0.5) is 31.0 Å². The molecule has 0 aromatic heterocycles. The first-order valence-electron chi connectivity index (χ1n) is 13.3. The van der Waals surface area contributed by atoms with E-state index in [1.54, 1.807) is 61.3 Å². The van der Waals surface area contributed by atoms with Crippen molar-refractivity contribution in [1.82, 2.24) is 9.80 Å². The van der Waals surface area contributed by atoms with Gasteiger partial charge in [-0.1, -0.05) is 31.2 Å². The van der Waals surface area contributed by atoms with Crippen molar-refractivity contribution in [3.63, 3.8) is 0 Å². The number of carbonyl (C=O) groups is 3. The van der Waals surface area contributed by atoms with E-state index in [4.69, 9.17) is 4.74 Å². The third-order valence-electron chi connectivity index (χ3n) is 6.87. The minimum absolute atomic E-state index is 0.133. The maximum atomic E-state index is 13.6. The number of anilines is 3. The molecule has 4 rings (SSSR count). The maximum Gasteiger partial charge on any atom is 0.323 e. The van der Waals surface area contributed by atoms with E-state index in [0.29, 0.717) is 11.4 Å². The van der Waals surface area contributed by atoms with E-state index in [2.05, 4.69) is 16.0 Å². The molecule has 1 heterocycles. The molecule has 1 aliphatic rings. The number of amides is 5. The predicted molar refractivity (Wildman–Crippen MR) is 155 cm³/mol. The van der Waals surface area contributed by atoms with E-state index >= 15 is 0 Å². The molecular weight excluding hydrogens is 529 g/mol. The molecule has 0 saturated heterocycles. The second kappa shape index (κ2) is 13.1. The Morgan fingerprint density at radius 3 is 2.39 bits per heavy atom. The third-order valence-corrected chi connectivity index (χ3v) is 6.87. The van der Waals surface area contributed by atoms with Crippen molar-refractivity contribution in [2.75, 3.05) is 42.7 Å². The van der Waals surface area contributed by atoms with Crippen molar-refractivity contribution < 1.29 is 28.6 Å². The number of para-hydroxylation sites is 2. The van der Waals surface area contributed by atoms with Gasteiger partial charge in [-0.25, -0.2) is 14.0 Å². The molecule has 1 aliphatic heterocycles. The summed E-state index contributed by atoms with van der Waals surface area (Å²) >= 11 is 0. The number of benzene rings is 3. The summed E-state index contributed by atoms with van der Waals surface area (Å²) in [6.45, 7) is 3.80. The van der Waals surface area contributed by atoms with E-state index in [9.17, 15) is 23.9 Å². The molecule has 3 aromatic carbocycles. The molecule has 11 heteroatoms. The first-order valence-corrected chi connectivity index (χ1v) is 13.3. The third kappa shape index (κ3) is 7.31. The number of rotatable bonds is 7. The highest BCUT2D eigenvalue weighted by Gasteiger charge is 2.35. The van der Waals surface area contributed by atoms with Crippen LogP contribution in [0.25, 0.3) is 0 Å². The zero-order valence-corrected chi connectivity index (χ0v) is 23.1. The van der Waals surface area contributed by atoms with Crippen LogP contribution >= 0.6 is 0 Å². The van der Waals surface area contributed by atoms with Gasteiger partial charge in [-0.05, 0) is 55.5 Å². The molecule has 0 aliphatic carbocycles. The Hall–Kier alpha value is -4.64. The number of hydrogen-bond donors (Lipinski definition) is 4. The largest absolute Gasteiger partial charge is 0.485 e. The Labute approximate surface area is 238 Å². The molecule has 3 aromatic rings. The van der Waals surface area contributed by atoms with Gasteiger partial charge in [-0.3, -0.25) is 4.79 Å². The summed E-state index contributed by atoms with van der Waals surface area (Å²) in [6, 6.07) is 17.8. The van der Waals surface area contributed by atoms with Gasteiger partial charge in [0.25, 0.3) is 5.91 Å². The number of carbonyl (C=O) groups excluding carboxylic acids is 3. The molecule has 0 fully saturated rings. The Morgan fingerprint density at radius 2 is 1.71 bits per heavy atom. The van der Waals surface area contributed by atoms with Crippen molar-refractivity contribution in [2.45, 2.75) is 26.0 Å². The van der Waals surface area contributed by atoms with Gasteiger partial charge in [0.2, 0.25) is 0 Å². The van der Waals surface area contributed by atoms with Crippen molar-refractivity contribution in [2.24, 2.45) is 5.92 Å². The second-order valence-electron chi connectivity index (χ2n) is 10.1. The highest BCUT2D eigenvalue weighted by Crippen LogP contribution is 2.35. The van der Waals surface area contributed by atoms with E-state index in [1.165, 1.54) is 29.2 Å². The smallest absolute Gasteiger partial charge is 0.323 e. The number of urea groups is 2. The molecule has 0 saturated carbocycles. The van der Waals surface area contributed by atoms with Crippen molar-refractivity contribution in [3.8, 4) is 5.75 Å². The first-order chi connectivity index (χ1) is 19.7. The van der Waals surface area contributed by atoms with E-state index < -0.39 is 30.0 Å². The number of aliphatic hydroxyl groups is 1. The van der Waals surface area contributed by atoms with E-state index in [-0.39, 0.29) is 48.5 Å². The molecule has 4 N–H and O–H groups in total. The molecule has 10 nitrogen and oxygen atoms in total.